The third kappa shape index (κ3) is 4.82. The van der Waals surface area contributed by atoms with Crippen molar-refractivity contribution in [1.82, 2.24) is 10.9 Å². The van der Waals surface area contributed by atoms with Crippen LogP contribution in [-0.2, 0) is 4.74 Å². The molecule has 2 rings (SSSR count). The Morgan fingerprint density at radius 3 is 2.39 bits per heavy atom. The molecule has 3 amide bonds. The third-order valence-electron chi connectivity index (χ3n) is 2.70. The molecule has 0 spiro atoms. The van der Waals surface area contributed by atoms with Crippen molar-refractivity contribution in [2.45, 2.75) is 6.92 Å². The zero-order valence-corrected chi connectivity index (χ0v) is 13.1. The van der Waals surface area contributed by atoms with Gasteiger partial charge in [-0.2, -0.15) is 0 Å². The minimum Gasteiger partial charge on any atom is -0.449 e. The molecule has 120 valence electrons. The van der Waals surface area contributed by atoms with E-state index in [4.69, 9.17) is 0 Å². The predicted molar refractivity (Wildman–Crippen MR) is 86.3 cm³/mol. The van der Waals surface area contributed by atoms with E-state index in [2.05, 4.69) is 20.9 Å². The molecule has 3 N–H and O–H groups in total. The first-order valence-corrected chi connectivity index (χ1v) is 7.66. The van der Waals surface area contributed by atoms with Gasteiger partial charge in [0, 0.05) is 11.3 Å². The minimum absolute atomic E-state index is 0.207. The van der Waals surface area contributed by atoms with Crippen molar-refractivity contribution < 1.29 is 19.1 Å². The highest BCUT2D eigenvalue weighted by Gasteiger charge is 2.09. The average Bonchev–Trinajstić information content (AvgIpc) is 3.08. The number of thiophene rings is 1. The minimum atomic E-state index is -0.735. The van der Waals surface area contributed by atoms with Crippen LogP contribution in [0.5, 0.6) is 0 Å². The number of amides is 3. The Hall–Kier alpha value is -2.87. The van der Waals surface area contributed by atoms with Crippen molar-refractivity contribution in [3.8, 4) is 0 Å². The highest BCUT2D eigenvalue weighted by atomic mass is 32.1. The van der Waals surface area contributed by atoms with Crippen molar-refractivity contribution in [1.29, 1.82) is 0 Å². The van der Waals surface area contributed by atoms with E-state index in [-0.39, 0.29) is 12.5 Å². The highest BCUT2D eigenvalue weighted by Crippen LogP contribution is 2.14. The van der Waals surface area contributed by atoms with Gasteiger partial charge in [-0.3, -0.25) is 15.0 Å². The van der Waals surface area contributed by atoms with Crippen LogP contribution < -0.4 is 16.2 Å². The summed E-state index contributed by atoms with van der Waals surface area (Å²) in [5.74, 6) is -0.699. The molecule has 0 aliphatic rings. The Morgan fingerprint density at radius 2 is 1.78 bits per heavy atom. The van der Waals surface area contributed by atoms with Crippen LogP contribution in [0.2, 0.25) is 0 Å². The Bertz CT molecular complexity index is 683. The molecular formula is C15H15N3O4S. The molecule has 1 aromatic heterocycles. The molecular weight excluding hydrogens is 318 g/mol. The van der Waals surface area contributed by atoms with Gasteiger partial charge in [0.05, 0.1) is 11.5 Å². The molecule has 0 radical (unpaired) electrons. The summed E-state index contributed by atoms with van der Waals surface area (Å²) in [7, 11) is 0. The van der Waals surface area contributed by atoms with Crippen molar-refractivity contribution in [2.75, 3.05) is 11.9 Å². The fraction of sp³-hybridized carbons (Fsp3) is 0.133. The normalized spacial score (nSPS) is 9.78. The van der Waals surface area contributed by atoms with Gasteiger partial charge in [0.25, 0.3) is 11.8 Å². The third-order valence-corrected chi connectivity index (χ3v) is 3.57. The van der Waals surface area contributed by atoms with E-state index in [0.29, 0.717) is 16.1 Å². The van der Waals surface area contributed by atoms with E-state index >= 15 is 0 Å². The van der Waals surface area contributed by atoms with Crippen molar-refractivity contribution in [2.24, 2.45) is 0 Å². The second-order valence-electron chi connectivity index (χ2n) is 4.31. The van der Waals surface area contributed by atoms with E-state index in [1.807, 2.05) is 5.38 Å². The smallest absolute Gasteiger partial charge is 0.426 e. The van der Waals surface area contributed by atoms with Gasteiger partial charge in [0.15, 0.2) is 0 Å². The number of ether oxygens (including phenoxy) is 1. The number of rotatable bonds is 4. The molecule has 0 aliphatic heterocycles. The van der Waals surface area contributed by atoms with Crippen LogP contribution in [0, 0.1) is 0 Å². The fourth-order valence-corrected chi connectivity index (χ4v) is 2.27. The summed E-state index contributed by atoms with van der Waals surface area (Å²) in [4.78, 5) is 35.4. The summed E-state index contributed by atoms with van der Waals surface area (Å²) in [5.41, 5.74) is 5.23. The SMILES string of the molecule is CCOC(=O)NNC(=O)c1ccc(NC(=O)c2cccs2)cc1. The summed E-state index contributed by atoms with van der Waals surface area (Å²) in [5, 5.41) is 4.55. The Labute approximate surface area is 136 Å². The number of hydrogen-bond donors (Lipinski definition) is 3. The van der Waals surface area contributed by atoms with Crippen LogP contribution in [0.25, 0.3) is 0 Å². The van der Waals surface area contributed by atoms with Crippen LogP contribution in [-0.4, -0.2) is 24.5 Å². The van der Waals surface area contributed by atoms with Gasteiger partial charge < -0.3 is 10.1 Å². The summed E-state index contributed by atoms with van der Waals surface area (Å²) in [6, 6.07) is 9.79. The molecule has 0 bridgehead atoms. The lowest BCUT2D eigenvalue weighted by molar-refractivity contribution is 0.0912. The second kappa shape index (κ2) is 7.95. The molecule has 23 heavy (non-hydrogen) atoms. The standard InChI is InChI=1S/C15H15N3O4S/c1-2-22-15(21)18-17-13(19)10-5-7-11(8-6-10)16-14(20)12-4-3-9-23-12/h3-9H,2H2,1H3,(H,16,20)(H,17,19)(H,18,21). The molecule has 1 heterocycles. The number of carbonyl (C=O) groups is 3. The maximum atomic E-state index is 11.9. The van der Waals surface area contributed by atoms with Gasteiger partial charge in [-0.25, -0.2) is 10.2 Å². The summed E-state index contributed by atoms with van der Waals surface area (Å²) >= 11 is 1.34. The lowest BCUT2D eigenvalue weighted by Crippen LogP contribution is -2.41. The first-order valence-electron chi connectivity index (χ1n) is 6.78. The van der Waals surface area contributed by atoms with E-state index in [1.54, 1.807) is 31.2 Å². The van der Waals surface area contributed by atoms with Crippen LogP contribution in [0.3, 0.4) is 0 Å². The van der Waals surface area contributed by atoms with Gasteiger partial charge in [-0.05, 0) is 42.6 Å². The average molecular weight is 333 g/mol. The van der Waals surface area contributed by atoms with Crippen LogP contribution in [0.1, 0.15) is 27.0 Å². The van der Waals surface area contributed by atoms with E-state index in [9.17, 15) is 14.4 Å². The predicted octanol–water partition coefficient (Wildman–Crippen LogP) is 2.39. The molecule has 0 atom stereocenters. The van der Waals surface area contributed by atoms with Crippen LogP contribution in [0.4, 0.5) is 10.5 Å². The van der Waals surface area contributed by atoms with Crippen molar-refractivity contribution in [3.05, 3.63) is 52.2 Å². The number of hydrogen-bond acceptors (Lipinski definition) is 5. The Morgan fingerprint density at radius 1 is 1.04 bits per heavy atom. The topological polar surface area (TPSA) is 96.5 Å². The van der Waals surface area contributed by atoms with Gasteiger partial charge >= 0.3 is 6.09 Å². The monoisotopic (exact) mass is 333 g/mol. The quantitative estimate of drug-likeness (QED) is 0.749. The first kappa shape index (κ1) is 16.5. The molecule has 0 unspecified atom stereocenters. The maximum absolute atomic E-state index is 11.9. The Kier molecular flexibility index (Phi) is 5.70. The summed E-state index contributed by atoms with van der Waals surface area (Å²) < 4.78 is 4.62. The first-order chi connectivity index (χ1) is 11.1. The largest absolute Gasteiger partial charge is 0.449 e. The van der Waals surface area contributed by atoms with Gasteiger partial charge in [0.2, 0.25) is 0 Å². The molecule has 0 saturated heterocycles. The molecule has 0 aliphatic carbocycles. The lowest BCUT2D eigenvalue weighted by Gasteiger charge is -2.08. The number of nitrogens with one attached hydrogen (secondary N) is 3. The zero-order valence-electron chi connectivity index (χ0n) is 12.3. The molecule has 0 saturated carbocycles. The molecule has 0 fully saturated rings. The molecule has 1 aromatic carbocycles. The molecule has 8 heteroatoms. The highest BCUT2D eigenvalue weighted by molar-refractivity contribution is 7.12. The van der Waals surface area contributed by atoms with E-state index in [0.717, 1.165) is 0 Å². The van der Waals surface area contributed by atoms with Crippen LogP contribution in [0.15, 0.2) is 41.8 Å². The molecule has 7 nitrogen and oxygen atoms in total. The van der Waals surface area contributed by atoms with E-state index < -0.39 is 12.0 Å². The number of carbonyl (C=O) groups excluding carboxylic acids is 3. The van der Waals surface area contributed by atoms with Gasteiger partial charge in [-0.1, -0.05) is 6.07 Å². The van der Waals surface area contributed by atoms with E-state index in [1.165, 1.54) is 23.5 Å². The second-order valence-corrected chi connectivity index (χ2v) is 5.26. The summed E-state index contributed by atoms with van der Waals surface area (Å²) in [6.07, 6.45) is -0.735. The van der Waals surface area contributed by atoms with Crippen molar-refractivity contribution in [3.63, 3.8) is 0 Å². The number of benzene rings is 1. The zero-order chi connectivity index (χ0) is 16.7. The van der Waals surface area contributed by atoms with Crippen LogP contribution >= 0.6 is 11.3 Å². The van der Waals surface area contributed by atoms with Gasteiger partial charge in [0.1, 0.15) is 0 Å². The Balaban J connectivity index is 1.90. The maximum Gasteiger partial charge on any atom is 0.426 e. The van der Waals surface area contributed by atoms with Crippen molar-refractivity contribution >= 4 is 34.9 Å². The van der Waals surface area contributed by atoms with Gasteiger partial charge in [-0.15, -0.1) is 11.3 Å². The number of anilines is 1. The fourth-order valence-electron chi connectivity index (χ4n) is 1.65. The lowest BCUT2D eigenvalue weighted by atomic mass is 10.2. The molecule has 2 aromatic rings. The summed E-state index contributed by atoms with van der Waals surface area (Å²) in [6.45, 7) is 1.87. The number of hydrazine groups is 1.